The highest BCUT2D eigenvalue weighted by Crippen LogP contribution is 2.33. The Morgan fingerprint density at radius 3 is 3.00 bits per heavy atom. The third-order valence-electron chi connectivity index (χ3n) is 3.94. The minimum atomic E-state index is 0.237. The van der Waals surface area contributed by atoms with Crippen molar-refractivity contribution in [2.75, 3.05) is 31.8 Å². The van der Waals surface area contributed by atoms with Crippen molar-refractivity contribution in [2.24, 2.45) is 11.8 Å². The van der Waals surface area contributed by atoms with E-state index in [1.807, 2.05) is 0 Å². The minimum Gasteiger partial charge on any atom is -0.383 e. The summed E-state index contributed by atoms with van der Waals surface area (Å²) in [7, 11) is 1.80. The number of rotatable bonds is 4. The van der Waals surface area contributed by atoms with Crippen LogP contribution in [0.15, 0.2) is 0 Å². The van der Waals surface area contributed by atoms with Crippen LogP contribution in [0.5, 0.6) is 0 Å². The lowest BCUT2D eigenvalue weighted by atomic mass is 9.87. The Hall–Kier alpha value is 0.270. The molecule has 2 aliphatic heterocycles. The zero-order valence-corrected chi connectivity index (χ0v) is 11.4. The molecule has 2 heterocycles. The summed E-state index contributed by atoms with van der Waals surface area (Å²) in [6.07, 6.45) is 5.62. The van der Waals surface area contributed by atoms with Gasteiger partial charge in [-0.3, -0.25) is 0 Å². The topological polar surface area (TPSA) is 21.3 Å². The molecule has 16 heavy (non-hydrogen) atoms. The van der Waals surface area contributed by atoms with Crippen LogP contribution in [0.3, 0.4) is 0 Å². The van der Waals surface area contributed by atoms with Crippen LogP contribution in [-0.2, 0) is 4.74 Å². The highest BCUT2D eigenvalue weighted by molar-refractivity contribution is 7.99. The van der Waals surface area contributed by atoms with Crippen molar-refractivity contribution < 1.29 is 4.74 Å². The zero-order chi connectivity index (χ0) is 11.4. The second-order valence-corrected chi connectivity index (χ2v) is 6.91. The van der Waals surface area contributed by atoms with Gasteiger partial charge < -0.3 is 10.1 Å². The van der Waals surface area contributed by atoms with Crippen molar-refractivity contribution in [1.82, 2.24) is 5.32 Å². The Balaban J connectivity index is 1.75. The fraction of sp³-hybridized carbons (Fsp3) is 1.00. The normalized spacial score (nSPS) is 40.1. The lowest BCUT2D eigenvalue weighted by Crippen LogP contribution is -2.40. The van der Waals surface area contributed by atoms with Crippen LogP contribution in [-0.4, -0.2) is 37.3 Å². The molecule has 2 rings (SSSR count). The lowest BCUT2D eigenvalue weighted by molar-refractivity contribution is 0.127. The van der Waals surface area contributed by atoms with Gasteiger partial charge in [0.25, 0.3) is 0 Å². The van der Waals surface area contributed by atoms with Crippen LogP contribution in [0.1, 0.15) is 32.6 Å². The molecular weight excluding hydrogens is 218 g/mol. The summed E-state index contributed by atoms with van der Waals surface area (Å²) in [5.74, 6) is 4.65. The minimum absolute atomic E-state index is 0.237. The molecule has 2 nitrogen and oxygen atoms in total. The molecule has 3 unspecified atom stereocenters. The molecule has 0 amide bonds. The molecule has 0 aliphatic carbocycles. The largest absolute Gasteiger partial charge is 0.383 e. The highest BCUT2D eigenvalue weighted by Gasteiger charge is 2.35. The Kier molecular flexibility index (Phi) is 4.57. The molecule has 0 aromatic rings. The van der Waals surface area contributed by atoms with E-state index in [4.69, 9.17) is 4.74 Å². The van der Waals surface area contributed by atoms with Gasteiger partial charge in [-0.25, -0.2) is 0 Å². The van der Waals surface area contributed by atoms with E-state index in [1.54, 1.807) is 7.11 Å². The van der Waals surface area contributed by atoms with Gasteiger partial charge in [-0.05, 0) is 62.5 Å². The molecule has 2 fully saturated rings. The van der Waals surface area contributed by atoms with E-state index in [-0.39, 0.29) is 5.54 Å². The zero-order valence-electron chi connectivity index (χ0n) is 10.6. The Morgan fingerprint density at radius 1 is 1.44 bits per heavy atom. The third-order valence-corrected chi connectivity index (χ3v) is 5.23. The predicted molar refractivity (Wildman–Crippen MR) is 71.1 cm³/mol. The average Bonchev–Trinajstić information content (AvgIpc) is 2.62. The maximum absolute atomic E-state index is 5.30. The first-order chi connectivity index (χ1) is 7.72. The molecule has 0 radical (unpaired) electrons. The Morgan fingerprint density at radius 2 is 2.31 bits per heavy atom. The maximum atomic E-state index is 5.30. The van der Waals surface area contributed by atoms with Gasteiger partial charge in [0.1, 0.15) is 0 Å². The molecule has 2 aliphatic rings. The Bertz CT molecular complexity index is 218. The summed E-state index contributed by atoms with van der Waals surface area (Å²) in [6.45, 7) is 4.34. The second-order valence-electron chi connectivity index (χ2n) is 5.76. The van der Waals surface area contributed by atoms with Crippen LogP contribution >= 0.6 is 11.8 Å². The van der Waals surface area contributed by atoms with Crippen LogP contribution in [0, 0.1) is 11.8 Å². The van der Waals surface area contributed by atoms with Gasteiger partial charge in [-0.2, -0.15) is 11.8 Å². The number of ether oxygens (including phenoxy) is 1. The number of nitrogens with one attached hydrogen (secondary N) is 1. The predicted octanol–water partition coefficient (Wildman–Crippen LogP) is 2.53. The average molecular weight is 243 g/mol. The summed E-state index contributed by atoms with van der Waals surface area (Å²) < 4.78 is 5.30. The summed E-state index contributed by atoms with van der Waals surface area (Å²) in [6, 6.07) is 0. The van der Waals surface area contributed by atoms with E-state index >= 15 is 0 Å². The van der Waals surface area contributed by atoms with Gasteiger partial charge in [0.2, 0.25) is 0 Å². The summed E-state index contributed by atoms with van der Waals surface area (Å²) in [5.41, 5.74) is 0.237. The molecule has 1 N–H and O–H groups in total. The summed E-state index contributed by atoms with van der Waals surface area (Å²) in [4.78, 5) is 0. The van der Waals surface area contributed by atoms with E-state index in [1.165, 1.54) is 43.7 Å². The smallest absolute Gasteiger partial charge is 0.0641 e. The SMILES string of the molecule is COCC1(C)CC(CC2CCCSC2)CN1. The molecular formula is C13H25NOS. The van der Waals surface area contributed by atoms with Crippen molar-refractivity contribution in [3.63, 3.8) is 0 Å². The summed E-state index contributed by atoms with van der Waals surface area (Å²) >= 11 is 2.15. The Labute approximate surface area is 104 Å². The lowest BCUT2D eigenvalue weighted by Gasteiger charge is -2.25. The van der Waals surface area contributed by atoms with Gasteiger partial charge in [-0.15, -0.1) is 0 Å². The number of hydrogen-bond donors (Lipinski definition) is 1. The third kappa shape index (κ3) is 3.38. The molecule has 2 saturated heterocycles. The first-order valence-corrected chi connectivity index (χ1v) is 7.69. The van der Waals surface area contributed by atoms with Crippen LogP contribution in [0.4, 0.5) is 0 Å². The van der Waals surface area contributed by atoms with Crippen LogP contribution in [0.2, 0.25) is 0 Å². The van der Waals surface area contributed by atoms with Crippen molar-refractivity contribution in [3.05, 3.63) is 0 Å². The van der Waals surface area contributed by atoms with E-state index in [9.17, 15) is 0 Å². The van der Waals surface area contributed by atoms with Crippen LogP contribution < -0.4 is 5.32 Å². The van der Waals surface area contributed by atoms with E-state index in [0.717, 1.165) is 18.4 Å². The number of methoxy groups -OCH3 is 1. The molecule has 0 saturated carbocycles. The van der Waals surface area contributed by atoms with Crippen molar-refractivity contribution in [2.45, 2.75) is 38.1 Å². The first kappa shape index (κ1) is 12.7. The van der Waals surface area contributed by atoms with Gasteiger partial charge in [0.05, 0.1) is 6.61 Å². The van der Waals surface area contributed by atoms with E-state index in [2.05, 4.69) is 24.0 Å². The van der Waals surface area contributed by atoms with Crippen molar-refractivity contribution in [3.8, 4) is 0 Å². The van der Waals surface area contributed by atoms with Crippen molar-refractivity contribution >= 4 is 11.8 Å². The van der Waals surface area contributed by atoms with Gasteiger partial charge in [-0.1, -0.05) is 0 Å². The van der Waals surface area contributed by atoms with Crippen LogP contribution in [0.25, 0.3) is 0 Å². The second kappa shape index (κ2) is 5.74. The fourth-order valence-corrected chi connectivity index (χ4v) is 4.41. The monoisotopic (exact) mass is 243 g/mol. The number of hydrogen-bond acceptors (Lipinski definition) is 3. The fourth-order valence-electron chi connectivity index (χ4n) is 3.23. The van der Waals surface area contributed by atoms with Gasteiger partial charge >= 0.3 is 0 Å². The molecule has 0 spiro atoms. The highest BCUT2D eigenvalue weighted by atomic mass is 32.2. The quantitative estimate of drug-likeness (QED) is 0.820. The van der Waals surface area contributed by atoms with E-state index < -0.39 is 0 Å². The standard InChI is InChI=1S/C13H25NOS/c1-13(10-15-2)7-12(8-14-13)6-11-4-3-5-16-9-11/h11-12,14H,3-10H2,1-2H3. The van der Waals surface area contributed by atoms with E-state index in [0.29, 0.717) is 0 Å². The molecule has 3 heteroatoms. The molecule has 0 aromatic heterocycles. The molecule has 94 valence electrons. The molecule has 3 atom stereocenters. The molecule has 0 aromatic carbocycles. The first-order valence-electron chi connectivity index (χ1n) is 6.53. The van der Waals surface area contributed by atoms with Crippen molar-refractivity contribution in [1.29, 1.82) is 0 Å². The summed E-state index contributed by atoms with van der Waals surface area (Å²) in [5, 5.41) is 3.64. The molecule has 0 bridgehead atoms. The number of thioether (sulfide) groups is 1. The van der Waals surface area contributed by atoms with Gasteiger partial charge in [0.15, 0.2) is 0 Å². The van der Waals surface area contributed by atoms with Gasteiger partial charge in [0, 0.05) is 12.6 Å². The maximum Gasteiger partial charge on any atom is 0.0641 e.